The van der Waals surface area contributed by atoms with Crippen LogP contribution in [0, 0.1) is 0 Å². The molecule has 0 bridgehead atoms. The van der Waals surface area contributed by atoms with Crippen molar-refractivity contribution in [2.45, 2.75) is 5.41 Å². The third-order valence-electron chi connectivity index (χ3n) is 6.84. The van der Waals surface area contributed by atoms with Gasteiger partial charge in [0.05, 0.1) is 22.3 Å². The van der Waals surface area contributed by atoms with Crippen molar-refractivity contribution in [3.8, 4) is 0 Å². The van der Waals surface area contributed by atoms with E-state index in [0.29, 0.717) is 0 Å². The highest BCUT2D eigenvalue weighted by atomic mass is 127. The summed E-state index contributed by atoms with van der Waals surface area (Å²) >= 11 is 2.37. The van der Waals surface area contributed by atoms with Gasteiger partial charge < -0.3 is 4.98 Å². The Kier molecular flexibility index (Phi) is 5.50. The van der Waals surface area contributed by atoms with Crippen LogP contribution in [0.3, 0.4) is 0 Å². The number of aromatic nitrogens is 1. The first-order valence-electron chi connectivity index (χ1n) is 11.6. The fraction of sp³-hybridized carbons (Fsp3) is 0.0312. The maximum absolute atomic E-state index is 5.34. The maximum atomic E-state index is 5.34. The van der Waals surface area contributed by atoms with E-state index in [2.05, 4.69) is 141 Å². The number of nitrogens with zero attached hydrogens (tertiary/aromatic N) is 1. The third kappa shape index (κ3) is 3.26. The molecule has 6 rings (SSSR count). The third-order valence-corrected chi connectivity index (χ3v) is 7.51. The number of H-pyrrole nitrogens is 1. The summed E-state index contributed by atoms with van der Waals surface area (Å²) in [4.78, 5) is 9.10. The molecule has 0 spiro atoms. The molecule has 2 heterocycles. The average Bonchev–Trinajstić information content (AvgIpc) is 3.47. The van der Waals surface area contributed by atoms with Crippen molar-refractivity contribution < 1.29 is 0 Å². The van der Waals surface area contributed by atoms with Crippen molar-refractivity contribution in [2.24, 2.45) is 4.99 Å². The zero-order valence-electron chi connectivity index (χ0n) is 19.1. The van der Waals surface area contributed by atoms with Gasteiger partial charge in [-0.3, -0.25) is 4.99 Å². The minimum absolute atomic E-state index is 0.598. The lowest BCUT2D eigenvalue weighted by molar-refractivity contribution is 0.859. The second-order valence-corrected chi connectivity index (χ2v) is 9.28. The number of nitrogens with one attached hydrogen (secondary N) is 1. The van der Waals surface area contributed by atoms with Crippen LogP contribution in [0.4, 0.5) is 5.69 Å². The second kappa shape index (κ2) is 8.82. The lowest BCUT2D eigenvalue weighted by Gasteiger charge is -2.35. The molecule has 3 heteroatoms. The number of hydrogen-bond acceptors (Lipinski definition) is 1. The van der Waals surface area contributed by atoms with E-state index in [1.54, 1.807) is 0 Å². The SMILES string of the molecule is C=C/C=C\C(=C/I)C1(c2ccccc2)C(c2ccccc2)=Nc2ccc3c([nH]c4ccccc43)c21. The Hall–Kier alpha value is -3.70. The molecule has 0 aliphatic carbocycles. The molecule has 1 unspecified atom stereocenters. The molecule has 0 fully saturated rings. The van der Waals surface area contributed by atoms with Crippen molar-refractivity contribution >= 4 is 55.8 Å². The van der Waals surface area contributed by atoms with E-state index in [1.165, 1.54) is 21.9 Å². The van der Waals surface area contributed by atoms with Crippen molar-refractivity contribution in [1.82, 2.24) is 4.98 Å². The molecule has 1 atom stereocenters. The lowest BCUT2D eigenvalue weighted by atomic mass is 9.65. The Labute approximate surface area is 218 Å². The van der Waals surface area contributed by atoms with Gasteiger partial charge in [0, 0.05) is 21.9 Å². The first-order valence-corrected chi connectivity index (χ1v) is 12.9. The van der Waals surface area contributed by atoms with Crippen molar-refractivity contribution in [3.05, 3.63) is 148 Å². The van der Waals surface area contributed by atoms with Crippen LogP contribution in [0.2, 0.25) is 0 Å². The minimum atomic E-state index is -0.598. The smallest absolute Gasteiger partial charge is 0.0926 e. The zero-order valence-corrected chi connectivity index (χ0v) is 21.2. The number of halogens is 1. The molecule has 0 saturated carbocycles. The van der Waals surface area contributed by atoms with E-state index in [4.69, 9.17) is 4.99 Å². The first-order chi connectivity index (χ1) is 17.3. The number of hydrogen-bond donors (Lipinski definition) is 1. The standard InChI is InChI=1S/C32H23IN2/c1-2-3-14-24(21-33)32(23-15-8-5-9-16-23)29-28(35-31(32)22-12-6-4-7-13-22)20-19-26-25-17-10-11-18-27(25)34-30(26)29/h2-21,34H,1H2/b14-3-,24-21+. The number of benzene rings is 4. The topological polar surface area (TPSA) is 28.1 Å². The number of allylic oxidation sites excluding steroid dienone is 4. The molecule has 1 aromatic heterocycles. The van der Waals surface area contributed by atoms with Crippen molar-refractivity contribution in [3.63, 3.8) is 0 Å². The van der Waals surface area contributed by atoms with Crippen LogP contribution in [0.15, 0.2) is 137 Å². The largest absolute Gasteiger partial charge is 0.354 e. The first kappa shape index (κ1) is 21.8. The summed E-state index contributed by atoms with van der Waals surface area (Å²) in [5.41, 5.74) is 8.32. The highest BCUT2D eigenvalue weighted by Gasteiger charge is 2.49. The number of para-hydroxylation sites is 1. The lowest BCUT2D eigenvalue weighted by Crippen LogP contribution is -2.37. The van der Waals surface area contributed by atoms with Gasteiger partial charge in [-0.05, 0) is 32.9 Å². The number of aromatic amines is 1. The van der Waals surface area contributed by atoms with Gasteiger partial charge in [-0.15, -0.1) is 0 Å². The van der Waals surface area contributed by atoms with Crippen LogP contribution >= 0.6 is 22.6 Å². The molecule has 0 radical (unpaired) electrons. The van der Waals surface area contributed by atoms with Gasteiger partial charge in [0.1, 0.15) is 0 Å². The van der Waals surface area contributed by atoms with Crippen LogP contribution in [0.5, 0.6) is 0 Å². The summed E-state index contributed by atoms with van der Waals surface area (Å²) in [5.74, 6) is 0. The number of fused-ring (bicyclic) bond motifs is 5. The van der Waals surface area contributed by atoms with Crippen LogP contribution < -0.4 is 0 Å². The second-order valence-electron chi connectivity index (χ2n) is 8.65. The summed E-state index contributed by atoms with van der Waals surface area (Å²) in [7, 11) is 0. The highest BCUT2D eigenvalue weighted by molar-refractivity contribution is 14.1. The Bertz CT molecular complexity index is 1660. The van der Waals surface area contributed by atoms with E-state index in [-0.39, 0.29) is 0 Å². The Balaban J connectivity index is 1.81. The van der Waals surface area contributed by atoms with E-state index in [0.717, 1.165) is 33.6 Å². The quantitative estimate of drug-likeness (QED) is 0.164. The van der Waals surface area contributed by atoms with Gasteiger partial charge in [0.25, 0.3) is 0 Å². The molecular weight excluding hydrogens is 539 g/mol. The predicted molar refractivity (Wildman–Crippen MR) is 157 cm³/mol. The summed E-state index contributed by atoms with van der Waals surface area (Å²) in [6, 6.07) is 34.2. The van der Waals surface area contributed by atoms with E-state index < -0.39 is 5.41 Å². The van der Waals surface area contributed by atoms with Crippen molar-refractivity contribution in [2.75, 3.05) is 0 Å². The summed E-state index contributed by atoms with van der Waals surface area (Å²) in [5, 5.41) is 2.44. The molecule has 35 heavy (non-hydrogen) atoms. The molecule has 168 valence electrons. The summed E-state index contributed by atoms with van der Waals surface area (Å²) < 4.78 is 2.18. The maximum Gasteiger partial charge on any atom is 0.0926 e. The Morgan fingerprint density at radius 1 is 0.829 bits per heavy atom. The normalized spacial score (nSPS) is 17.7. The number of rotatable bonds is 5. The van der Waals surface area contributed by atoms with Gasteiger partial charge >= 0.3 is 0 Å². The molecule has 4 aromatic carbocycles. The monoisotopic (exact) mass is 562 g/mol. The predicted octanol–water partition coefficient (Wildman–Crippen LogP) is 8.80. The summed E-state index contributed by atoms with van der Waals surface area (Å²) in [6.07, 6.45) is 6.01. The summed E-state index contributed by atoms with van der Waals surface area (Å²) in [6.45, 7) is 3.94. The van der Waals surface area contributed by atoms with Crippen LogP contribution in [0.25, 0.3) is 21.8 Å². The van der Waals surface area contributed by atoms with Crippen molar-refractivity contribution in [1.29, 1.82) is 0 Å². The van der Waals surface area contributed by atoms with Gasteiger partial charge in [-0.2, -0.15) is 0 Å². The van der Waals surface area contributed by atoms with Gasteiger partial charge in [0.2, 0.25) is 0 Å². The molecule has 0 saturated heterocycles. The molecular formula is C32H23IN2. The van der Waals surface area contributed by atoms with Crippen LogP contribution in [0.1, 0.15) is 16.7 Å². The molecule has 1 N–H and O–H groups in total. The Morgan fingerprint density at radius 2 is 1.54 bits per heavy atom. The fourth-order valence-electron chi connectivity index (χ4n) is 5.41. The molecule has 0 amide bonds. The average molecular weight is 562 g/mol. The molecule has 5 aromatic rings. The molecule has 2 nitrogen and oxygen atoms in total. The highest BCUT2D eigenvalue weighted by Crippen LogP contribution is 2.54. The Morgan fingerprint density at radius 3 is 2.29 bits per heavy atom. The van der Waals surface area contributed by atoms with E-state index in [1.807, 2.05) is 12.2 Å². The van der Waals surface area contributed by atoms with Gasteiger partial charge in [-0.25, -0.2) is 0 Å². The number of aliphatic imine (C=N–C) groups is 1. The van der Waals surface area contributed by atoms with E-state index >= 15 is 0 Å². The van der Waals surface area contributed by atoms with Gasteiger partial charge in [-0.1, -0.05) is 132 Å². The zero-order chi connectivity index (χ0) is 23.8. The fourth-order valence-corrected chi connectivity index (χ4v) is 6.09. The molecule has 1 aliphatic rings. The van der Waals surface area contributed by atoms with Gasteiger partial charge in [0.15, 0.2) is 0 Å². The minimum Gasteiger partial charge on any atom is -0.354 e. The van der Waals surface area contributed by atoms with Crippen LogP contribution in [-0.2, 0) is 5.41 Å². The molecule has 1 aliphatic heterocycles. The van der Waals surface area contributed by atoms with E-state index in [9.17, 15) is 0 Å². The van der Waals surface area contributed by atoms with Crippen LogP contribution in [-0.4, -0.2) is 10.7 Å².